The van der Waals surface area contributed by atoms with E-state index in [0.29, 0.717) is 24.0 Å². The van der Waals surface area contributed by atoms with Gasteiger partial charge in [0.25, 0.3) is 5.91 Å². The molecule has 28 heavy (non-hydrogen) atoms. The lowest BCUT2D eigenvalue weighted by molar-refractivity contribution is -0.140. The van der Waals surface area contributed by atoms with Crippen molar-refractivity contribution in [3.05, 3.63) is 77.0 Å². The molecule has 0 atom stereocenters. The van der Waals surface area contributed by atoms with Gasteiger partial charge in [0, 0.05) is 12.1 Å². The molecule has 0 N–H and O–H groups in total. The Hall–Kier alpha value is -2.96. The van der Waals surface area contributed by atoms with E-state index in [9.17, 15) is 22.4 Å². The summed E-state index contributed by atoms with van der Waals surface area (Å²) >= 11 is 0. The van der Waals surface area contributed by atoms with E-state index in [1.807, 2.05) is 28.8 Å². The van der Waals surface area contributed by atoms with E-state index in [4.69, 9.17) is 0 Å². The predicted molar refractivity (Wildman–Crippen MR) is 96.0 cm³/mol. The number of carbonyl (C=O) groups excluding carboxylic acids is 1. The molecule has 3 nitrogen and oxygen atoms in total. The number of pyridine rings is 1. The largest absolute Gasteiger partial charge is 0.419 e. The highest BCUT2D eigenvalue weighted by Crippen LogP contribution is 2.33. The Morgan fingerprint density at radius 2 is 1.79 bits per heavy atom. The molecule has 1 saturated carbocycles. The van der Waals surface area contributed by atoms with Crippen molar-refractivity contribution in [1.82, 2.24) is 4.57 Å². The van der Waals surface area contributed by atoms with Crippen molar-refractivity contribution in [2.45, 2.75) is 25.6 Å². The number of carbonyl (C=O) groups is 1. The van der Waals surface area contributed by atoms with E-state index in [0.717, 1.165) is 35.9 Å². The molecule has 1 aliphatic carbocycles. The molecule has 0 aliphatic heterocycles. The van der Waals surface area contributed by atoms with Gasteiger partial charge in [-0.25, -0.2) is 4.39 Å². The number of halogens is 4. The molecular weight excluding hydrogens is 372 g/mol. The lowest BCUT2D eigenvalue weighted by atomic mass is 10.1. The van der Waals surface area contributed by atoms with Gasteiger partial charge in [0.2, 0.25) is 0 Å². The summed E-state index contributed by atoms with van der Waals surface area (Å²) in [5, 5.41) is 0.958. The molecule has 0 bridgehead atoms. The van der Waals surface area contributed by atoms with Gasteiger partial charge in [-0.05, 0) is 54.5 Å². The summed E-state index contributed by atoms with van der Waals surface area (Å²) in [5.41, 5.74) is -1.00. The smallest absolute Gasteiger partial charge is 0.325 e. The molecule has 1 amide bonds. The van der Waals surface area contributed by atoms with E-state index in [1.54, 1.807) is 12.1 Å². The maximum absolute atomic E-state index is 14.3. The second-order valence-electron chi connectivity index (χ2n) is 6.89. The Bertz CT molecular complexity index is 1130. The highest BCUT2D eigenvalue weighted by Gasteiger charge is 2.35. The van der Waals surface area contributed by atoms with Crippen LogP contribution in [0.4, 0.5) is 17.6 Å². The number of benzene rings is 2. The Morgan fingerprint density at radius 1 is 1.04 bits per heavy atom. The number of amides is 1. The third-order valence-corrected chi connectivity index (χ3v) is 4.80. The van der Waals surface area contributed by atoms with Gasteiger partial charge in [-0.15, -0.1) is 0 Å². The molecule has 3 aromatic rings. The minimum atomic E-state index is -4.88. The molecule has 7 heteroatoms. The number of nitrogens with zero attached hydrogens (tertiary/aromatic N) is 2. The van der Waals surface area contributed by atoms with Crippen molar-refractivity contribution < 1.29 is 22.4 Å². The summed E-state index contributed by atoms with van der Waals surface area (Å²) < 4.78 is 54.9. The lowest BCUT2D eigenvalue weighted by Crippen LogP contribution is -2.24. The van der Waals surface area contributed by atoms with E-state index < -0.39 is 29.0 Å². The van der Waals surface area contributed by atoms with Crippen molar-refractivity contribution in [1.29, 1.82) is 0 Å². The van der Waals surface area contributed by atoms with Crippen LogP contribution >= 0.6 is 0 Å². The fraction of sp³-hybridized carbons (Fsp3) is 0.238. The normalized spacial score (nSPS) is 15.2. The molecule has 1 aliphatic rings. The van der Waals surface area contributed by atoms with Gasteiger partial charge in [-0.3, -0.25) is 4.79 Å². The van der Waals surface area contributed by atoms with Crippen LogP contribution in [-0.2, 0) is 12.7 Å². The number of rotatable bonds is 3. The average Bonchev–Trinajstić information content (AvgIpc) is 3.47. The summed E-state index contributed by atoms with van der Waals surface area (Å²) in [6.07, 6.45) is -2.73. The van der Waals surface area contributed by atoms with Crippen LogP contribution in [0, 0.1) is 11.7 Å². The van der Waals surface area contributed by atoms with Gasteiger partial charge in [-0.1, -0.05) is 24.3 Å². The van der Waals surface area contributed by atoms with Gasteiger partial charge >= 0.3 is 6.18 Å². The Balaban J connectivity index is 1.83. The van der Waals surface area contributed by atoms with Crippen LogP contribution in [0.25, 0.3) is 10.9 Å². The van der Waals surface area contributed by atoms with Crippen LogP contribution in [0.1, 0.15) is 28.8 Å². The Kier molecular flexibility index (Phi) is 4.53. The van der Waals surface area contributed by atoms with E-state index in [1.165, 1.54) is 0 Å². The number of fused-ring (bicyclic) bond motifs is 1. The zero-order chi connectivity index (χ0) is 19.9. The molecule has 1 aromatic heterocycles. The minimum absolute atomic E-state index is 0.299. The zero-order valence-corrected chi connectivity index (χ0v) is 14.7. The van der Waals surface area contributed by atoms with Gasteiger partial charge in [0.1, 0.15) is 11.3 Å². The average molecular weight is 388 g/mol. The molecule has 4 rings (SSSR count). The third-order valence-electron chi connectivity index (χ3n) is 4.80. The van der Waals surface area contributed by atoms with Gasteiger partial charge < -0.3 is 4.57 Å². The molecule has 0 saturated heterocycles. The topological polar surface area (TPSA) is 34.4 Å². The van der Waals surface area contributed by atoms with E-state index in [2.05, 4.69) is 4.99 Å². The first-order chi connectivity index (χ1) is 13.3. The fourth-order valence-corrected chi connectivity index (χ4v) is 3.18. The van der Waals surface area contributed by atoms with Crippen LogP contribution < -0.4 is 5.49 Å². The molecule has 1 fully saturated rings. The number of hydrogen-bond acceptors (Lipinski definition) is 1. The van der Waals surface area contributed by atoms with E-state index >= 15 is 0 Å². The number of alkyl halides is 3. The van der Waals surface area contributed by atoms with Crippen LogP contribution in [0.15, 0.2) is 59.6 Å². The summed E-state index contributed by atoms with van der Waals surface area (Å²) in [6.45, 7) is 0.651. The monoisotopic (exact) mass is 388 g/mol. The number of para-hydroxylation sites is 1. The first-order valence-electron chi connectivity index (χ1n) is 8.88. The third kappa shape index (κ3) is 3.56. The second-order valence-corrected chi connectivity index (χ2v) is 6.89. The van der Waals surface area contributed by atoms with Crippen molar-refractivity contribution in [2.75, 3.05) is 0 Å². The summed E-state index contributed by atoms with van der Waals surface area (Å²) in [5.74, 6) is -2.16. The summed E-state index contributed by atoms with van der Waals surface area (Å²) in [7, 11) is 0. The van der Waals surface area contributed by atoms with Crippen molar-refractivity contribution in [3.63, 3.8) is 0 Å². The molecular formula is C21H16F4N2O. The predicted octanol–water partition coefficient (Wildman–Crippen LogP) is 4.95. The van der Waals surface area contributed by atoms with Gasteiger partial charge in [0.15, 0.2) is 0 Å². The molecule has 0 unspecified atom stereocenters. The van der Waals surface area contributed by atoms with Crippen LogP contribution in [0.3, 0.4) is 0 Å². The minimum Gasteiger partial charge on any atom is -0.325 e. The Morgan fingerprint density at radius 3 is 2.50 bits per heavy atom. The zero-order valence-electron chi connectivity index (χ0n) is 14.7. The van der Waals surface area contributed by atoms with Crippen LogP contribution in [0.2, 0.25) is 0 Å². The summed E-state index contributed by atoms with van der Waals surface area (Å²) in [6, 6.07) is 13.6. The summed E-state index contributed by atoms with van der Waals surface area (Å²) in [4.78, 5) is 16.5. The maximum Gasteiger partial charge on any atom is 0.419 e. The maximum atomic E-state index is 14.3. The second kappa shape index (κ2) is 6.89. The molecule has 0 spiro atoms. The highest BCUT2D eigenvalue weighted by atomic mass is 19.4. The van der Waals surface area contributed by atoms with E-state index in [-0.39, 0.29) is 0 Å². The first kappa shape index (κ1) is 18.4. The molecule has 1 heterocycles. The van der Waals surface area contributed by atoms with Crippen molar-refractivity contribution in [3.8, 4) is 0 Å². The van der Waals surface area contributed by atoms with Crippen molar-refractivity contribution >= 4 is 16.8 Å². The first-order valence-corrected chi connectivity index (χ1v) is 8.88. The van der Waals surface area contributed by atoms with Crippen molar-refractivity contribution in [2.24, 2.45) is 10.9 Å². The van der Waals surface area contributed by atoms with Crippen LogP contribution in [0.5, 0.6) is 0 Å². The molecule has 2 aromatic carbocycles. The molecule has 144 valence electrons. The fourth-order valence-electron chi connectivity index (χ4n) is 3.18. The van der Waals surface area contributed by atoms with Gasteiger partial charge in [-0.2, -0.15) is 18.2 Å². The highest BCUT2D eigenvalue weighted by molar-refractivity contribution is 5.95. The quantitative estimate of drug-likeness (QED) is 0.585. The SMILES string of the molecule is O=C(/N=c1\ccc2ccccc2n1CC1CC1)c1cccc(C(F)(F)F)c1F. The van der Waals surface area contributed by atoms with Crippen LogP contribution in [-0.4, -0.2) is 10.5 Å². The Labute approximate surface area is 158 Å². The molecule has 0 radical (unpaired) electrons. The number of hydrogen-bond donors (Lipinski definition) is 0. The number of aromatic nitrogens is 1. The standard InChI is InChI=1S/C21H16F4N2O/c22-19-15(5-3-6-16(19)21(23,24)25)20(28)26-18-11-10-14-4-1-2-7-17(14)27(18)12-13-8-9-13/h1-7,10-11,13H,8-9,12H2/b26-18+. The van der Waals surface area contributed by atoms with Gasteiger partial charge in [0.05, 0.1) is 11.1 Å². The lowest BCUT2D eigenvalue weighted by Gasteiger charge is -2.12.